The second-order valence-corrected chi connectivity index (χ2v) is 7.23. The molecule has 3 aromatic rings. The number of ether oxygens (including phenoxy) is 1. The van der Waals surface area contributed by atoms with E-state index in [4.69, 9.17) is 4.74 Å². The molecule has 28 heavy (non-hydrogen) atoms. The molecular formula is C19H15N3O5S. The van der Waals surface area contributed by atoms with E-state index in [1.807, 2.05) is 5.38 Å². The maximum atomic E-state index is 12.5. The van der Waals surface area contributed by atoms with Crippen molar-refractivity contribution in [2.45, 2.75) is 26.5 Å². The van der Waals surface area contributed by atoms with Gasteiger partial charge in [-0.1, -0.05) is 12.1 Å². The third-order valence-corrected chi connectivity index (χ3v) is 5.49. The molecule has 0 radical (unpaired) electrons. The topological polar surface area (TPSA) is 98.0 Å². The summed E-state index contributed by atoms with van der Waals surface area (Å²) in [5.74, 6) is -1.81. The zero-order valence-electron chi connectivity index (χ0n) is 15.0. The molecule has 1 aromatic carbocycles. The molecule has 1 aliphatic heterocycles. The van der Waals surface area contributed by atoms with Crippen molar-refractivity contribution in [3.8, 4) is 0 Å². The molecule has 2 aromatic heterocycles. The maximum absolute atomic E-state index is 12.5. The largest absolute Gasteiger partial charge is 0.458 e. The highest BCUT2D eigenvalue weighted by Crippen LogP contribution is 2.25. The van der Waals surface area contributed by atoms with Crippen molar-refractivity contribution in [2.75, 3.05) is 0 Å². The molecule has 142 valence electrons. The fourth-order valence-corrected chi connectivity index (χ4v) is 4.00. The van der Waals surface area contributed by atoms with E-state index in [0.717, 1.165) is 10.6 Å². The Bertz CT molecular complexity index is 1160. The highest BCUT2D eigenvalue weighted by Gasteiger charge is 2.41. The molecule has 3 heterocycles. The molecule has 0 saturated carbocycles. The van der Waals surface area contributed by atoms with Gasteiger partial charge in [-0.25, -0.2) is 9.78 Å². The van der Waals surface area contributed by atoms with Crippen LogP contribution in [0, 0.1) is 6.92 Å². The Labute approximate surface area is 163 Å². The van der Waals surface area contributed by atoms with Gasteiger partial charge >= 0.3 is 5.97 Å². The monoisotopic (exact) mass is 397 g/mol. The Hall–Kier alpha value is -3.33. The lowest BCUT2D eigenvalue weighted by Gasteiger charge is -2.20. The van der Waals surface area contributed by atoms with Gasteiger partial charge in [-0.05, 0) is 26.0 Å². The first-order chi connectivity index (χ1) is 13.4. The van der Waals surface area contributed by atoms with Crippen LogP contribution in [-0.4, -0.2) is 38.1 Å². The van der Waals surface area contributed by atoms with Crippen molar-refractivity contribution in [3.05, 3.63) is 68.6 Å². The molecule has 0 aliphatic carbocycles. The molecule has 0 fully saturated rings. The number of hydrogen-bond acceptors (Lipinski definition) is 7. The van der Waals surface area contributed by atoms with E-state index < -0.39 is 23.8 Å². The van der Waals surface area contributed by atoms with Gasteiger partial charge in [-0.15, -0.1) is 11.3 Å². The van der Waals surface area contributed by atoms with Crippen molar-refractivity contribution >= 4 is 34.1 Å². The van der Waals surface area contributed by atoms with Crippen molar-refractivity contribution in [3.63, 3.8) is 0 Å². The molecule has 1 atom stereocenters. The van der Waals surface area contributed by atoms with Crippen LogP contribution in [-0.2, 0) is 16.1 Å². The van der Waals surface area contributed by atoms with Crippen LogP contribution >= 0.6 is 11.3 Å². The Kier molecular flexibility index (Phi) is 4.31. The van der Waals surface area contributed by atoms with E-state index in [2.05, 4.69) is 4.98 Å². The molecule has 0 spiro atoms. The molecule has 1 unspecified atom stereocenters. The molecule has 2 amide bonds. The van der Waals surface area contributed by atoms with Gasteiger partial charge in [0, 0.05) is 17.1 Å². The zero-order valence-corrected chi connectivity index (χ0v) is 15.9. The summed E-state index contributed by atoms with van der Waals surface area (Å²) in [6.07, 6.45) is 0. The fourth-order valence-electron chi connectivity index (χ4n) is 3.11. The van der Waals surface area contributed by atoms with Gasteiger partial charge in [0.05, 0.1) is 16.8 Å². The molecule has 0 saturated heterocycles. The van der Waals surface area contributed by atoms with Crippen LogP contribution in [0.3, 0.4) is 0 Å². The van der Waals surface area contributed by atoms with Gasteiger partial charge in [0.25, 0.3) is 17.4 Å². The molecule has 0 N–H and O–H groups in total. The number of fused-ring (bicyclic) bond motifs is 2. The van der Waals surface area contributed by atoms with Gasteiger partial charge < -0.3 is 4.74 Å². The fraction of sp³-hybridized carbons (Fsp3) is 0.211. The highest BCUT2D eigenvalue weighted by atomic mass is 32.1. The lowest BCUT2D eigenvalue weighted by Crippen LogP contribution is -2.43. The van der Waals surface area contributed by atoms with Gasteiger partial charge in [-0.2, -0.15) is 0 Å². The summed E-state index contributed by atoms with van der Waals surface area (Å²) in [5.41, 5.74) is 1.35. The number of esters is 1. The standard InChI is InChI=1S/C19H15N3O5S/c1-10-9-28-19-20-12(7-15(23)21(10)19)8-27-18(26)11(2)22-16(24)13-5-3-4-6-14(13)17(22)25/h3-7,9,11H,8H2,1-2H3. The van der Waals surface area contributed by atoms with Gasteiger partial charge in [0.1, 0.15) is 12.6 Å². The number of aryl methyl sites for hydroxylation is 1. The van der Waals surface area contributed by atoms with Crippen LogP contribution in [0.25, 0.3) is 4.96 Å². The first-order valence-corrected chi connectivity index (χ1v) is 9.37. The first-order valence-electron chi connectivity index (χ1n) is 8.49. The predicted molar refractivity (Wildman–Crippen MR) is 100 cm³/mol. The summed E-state index contributed by atoms with van der Waals surface area (Å²) in [4.78, 5) is 55.2. The molecule has 8 nitrogen and oxygen atoms in total. The highest BCUT2D eigenvalue weighted by molar-refractivity contribution is 7.15. The van der Waals surface area contributed by atoms with Gasteiger partial charge in [0.2, 0.25) is 0 Å². The average molecular weight is 397 g/mol. The number of thiazole rings is 1. The molecule has 0 bridgehead atoms. The molecule has 9 heteroatoms. The normalized spacial score (nSPS) is 14.4. The van der Waals surface area contributed by atoms with Crippen LogP contribution in [0.4, 0.5) is 0 Å². The maximum Gasteiger partial charge on any atom is 0.329 e. The lowest BCUT2D eigenvalue weighted by atomic mass is 10.1. The third kappa shape index (κ3) is 2.80. The Morgan fingerprint density at radius 2 is 1.82 bits per heavy atom. The predicted octanol–water partition coefficient (Wildman–Crippen LogP) is 1.79. The average Bonchev–Trinajstić information content (AvgIpc) is 3.18. The first kappa shape index (κ1) is 18.1. The number of imide groups is 1. The number of rotatable bonds is 4. The Morgan fingerprint density at radius 1 is 1.18 bits per heavy atom. The number of nitrogens with zero attached hydrogens (tertiary/aromatic N) is 3. The van der Waals surface area contributed by atoms with E-state index in [1.54, 1.807) is 31.2 Å². The molecular weight excluding hydrogens is 382 g/mol. The second-order valence-electron chi connectivity index (χ2n) is 6.39. The summed E-state index contributed by atoms with van der Waals surface area (Å²) in [6, 6.07) is 6.60. The van der Waals surface area contributed by atoms with E-state index in [9.17, 15) is 19.2 Å². The smallest absolute Gasteiger partial charge is 0.329 e. The number of carbonyl (C=O) groups excluding carboxylic acids is 3. The summed E-state index contributed by atoms with van der Waals surface area (Å²) in [6.45, 7) is 3.00. The minimum Gasteiger partial charge on any atom is -0.458 e. The van der Waals surface area contributed by atoms with Crippen molar-refractivity contribution < 1.29 is 19.1 Å². The number of hydrogen-bond donors (Lipinski definition) is 0. The summed E-state index contributed by atoms with van der Waals surface area (Å²) < 4.78 is 6.69. The minimum absolute atomic E-state index is 0.227. The number of carbonyl (C=O) groups is 3. The van der Waals surface area contributed by atoms with Gasteiger partial charge in [-0.3, -0.25) is 23.7 Å². The van der Waals surface area contributed by atoms with Crippen LogP contribution < -0.4 is 5.56 Å². The van der Waals surface area contributed by atoms with Crippen molar-refractivity contribution in [1.29, 1.82) is 0 Å². The minimum atomic E-state index is -1.10. The quantitative estimate of drug-likeness (QED) is 0.492. The lowest BCUT2D eigenvalue weighted by molar-refractivity contribution is -0.149. The third-order valence-electron chi connectivity index (χ3n) is 4.54. The van der Waals surface area contributed by atoms with Gasteiger partial charge in [0.15, 0.2) is 4.96 Å². The zero-order chi connectivity index (χ0) is 20.0. The Morgan fingerprint density at radius 3 is 2.46 bits per heavy atom. The number of benzene rings is 1. The van der Waals surface area contributed by atoms with E-state index in [-0.39, 0.29) is 23.3 Å². The van der Waals surface area contributed by atoms with Crippen LogP contribution in [0.1, 0.15) is 39.0 Å². The summed E-state index contributed by atoms with van der Waals surface area (Å²) >= 11 is 1.31. The summed E-state index contributed by atoms with van der Waals surface area (Å²) in [5, 5.41) is 1.81. The number of aromatic nitrogens is 2. The molecule has 4 rings (SSSR count). The molecule has 1 aliphatic rings. The van der Waals surface area contributed by atoms with Crippen LogP contribution in [0.15, 0.2) is 40.5 Å². The summed E-state index contributed by atoms with van der Waals surface area (Å²) in [7, 11) is 0. The van der Waals surface area contributed by atoms with E-state index in [0.29, 0.717) is 10.7 Å². The second kappa shape index (κ2) is 6.68. The van der Waals surface area contributed by atoms with Crippen LogP contribution in [0.5, 0.6) is 0 Å². The van der Waals surface area contributed by atoms with E-state index >= 15 is 0 Å². The van der Waals surface area contributed by atoms with Crippen LogP contribution in [0.2, 0.25) is 0 Å². The van der Waals surface area contributed by atoms with Crippen molar-refractivity contribution in [2.24, 2.45) is 0 Å². The van der Waals surface area contributed by atoms with E-state index in [1.165, 1.54) is 28.7 Å². The van der Waals surface area contributed by atoms with Crippen molar-refractivity contribution in [1.82, 2.24) is 14.3 Å². The SMILES string of the molecule is Cc1csc2nc(COC(=O)C(C)N3C(=O)c4ccccc4C3=O)cc(=O)n12. The number of amides is 2. The Balaban J connectivity index is 1.49.